The molecule has 6 heteroatoms. The van der Waals surface area contributed by atoms with Crippen LogP contribution in [0.15, 0.2) is 0 Å². The number of halogens is 3. The summed E-state index contributed by atoms with van der Waals surface area (Å²) in [4.78, 5) is 0. The summed E-state index contributed by atoms with van der Waals surface area (Å²) in [6, 6.07) is 0. The Morgan fingerprint density at radius 2 is 1.00 bits per heavy atom. The van der Waals surface area contributed by atoms with Gasteiger partial charge in [-0.2, -0.15) is 0 Å². The van der Waals surface area contributed by atoms with E-state index in [1.807, 2.05) is 0 Å². The van der Waals surface area contributed by atoms with Crippen LogP contribution in [0.2, 0.25) is 0 Å². The average molecular weight is 633 g/mol. The molecule has 1 radical (unpaired) electrons. The third kappa shape index (κ3) is 24.2. The second-order valence-corrected chi connectivity index (χ2v) is 38.0. The van der Waals surface area contributed by atoms with Gasteiger partial charge >= 0.3 is 106 Å². The molecule has 0 aromatic carbocycles. The van der Waals surface area contributed by atoms with E-state index in [2.05, 4.69) is 59.3 Å². The van der Waals surface area contributed by atoms with E-state index < -0.39 is 0 Å². The molecule has 0 fully saturated rings. The summed E-state index contributed by atoms with van der Waals surface area (Å²) in [5.74, 6) is 0. The fourth-order valence-electron chi connectivity index (χ4n) is 0. The Hall–Kier alpha value is 4.15. The SMILES string of the molecule is [I][Rh]([I])[I].[Ru+3].[Ti+4]. The topological polar surface area (TPSA) is 0 Å². The molecule has 0 saturated carbocycles. The second-order valence-electron chi connectivity index (χ2n) is 0.143. The molecule has 0 heterocycles. The van der Waals surface area contributed by atoms with E-state index >= 15 is 0 Å². The van der Waals surface area contributed by atoms with Crippen molar-refractivity contribution in [1.29, 1.82) is 0 Å². The van der Waals surface area contributed by atoms with E-state index in [-0.39, 0.29) is 46.6 Å². The Bertz CT molecular complexity index is 15.5. The Labute approximate surface area is 103 Å². The summed E-state index contributed by atoms with van der Waals surface area (Å²) in [7, 11) is 0. The van der Waals surface area contributed by atoms with Gasteiger partial charge in [0.05, 0.1) is 0 Å². The number of hydrogen-bond acceptors (Lipinski definition) is 0. The Balaban J connectivity index is -0.0000000450. The van der Waals surface area contributed by atoms with Gasteiger partial charge < -0.3 is 0 Å². The Kier molecular flexibility index (Phi) is 32.9. The summed E-state index contributed by atoms with van der Waals surface area (Å²) in [6.45, 7) is 0. The molecule has 0 aromatic rings. The van der Waals surface area contributed by atoms with E-state index in [1.54, 1.807) is 0 Å². The van der Waals surface area contributed by atoms with Crippen molar-refractivity contribution < 1.29 is 46.6 Å². The third-order valence-electron chi connectivity index (χ3n) is 0. The van der Waals surface area contributed by atoms with Crippen molar-refractivity contribution in [2.24, 2.45) is 0 Å². The maximum Gasteiger partial charge on any atom is 4.00 e. The average Bonchev–Trinajstić information content (AvgIpc) is 0.811. The fraction of sp³-hybridized carbons (Fsp3) is 0. The molecular formula is I3RhRuTi+7. The largest absolute Gasteiger partial charge is 4.00 e. The van der Waals surface area contributed by atoms with Gasteiger partial charge in [0.1, 0.15) is 0 Å². The molecule has 0 atom stereocenters. The predicted molar refractivity (Wildman–Crippen MR) is 42.1 cm³/mol. The number of hydrogen-bond donors (Lipinski definition) is 0. The van der Waals surface area contributed by atoms with Crippen LogP contribution in [0.25, 0.3) is 0 Å². The van der Waals surface area contributed by atoms with Crippen LogP contribution in [0.1, 0.15) is 0 Å². The molecule has 0 nitrogen and oxygen atoms in total. The molecule has 35 valence electrons. The molecule has 0 amide bonds. The van der Waals surface area contributed by atoms with Gasteiger partial charge in [0.25, 0.3) is 0 Å². The van der Waals surface area contributed by atoms with E-state index in [9.17, 15) is 0 Å². The van der Waals surface area contributed by atoms with Gasteiger partial charge in [0.2, 0.25) is 0 Å². The number of rotatable bonds is 0. The van der Waals surface area contributed by atoms with Crippen molar-refractivity contribution >= 4 is 59.3 Å². The van der Waals surface area contributed by atoms with E-state index in [0.29, 0.717) is 0 Å². The molecule has 0 bridgehead atoms. The minimum atomic E-state index is -0.167. The molecule has 0 aliphatic heterocycles. The van der Waals surface area contributed by atoms with Crippen molar-refractivity contribution in [1.82, 2.24) is 0 Å². The molecule has 0 aromatic heterocycles. The standard InChI is InChI=1S/3HI.Rh.Ru.Ti/h3*1H;;;/q;;;2*+3;+4/p-3. The van der Waals surface area contributed by atoms with Crippen LogP contribution in [0.4, 0.5) is 0 Å². The van der Waals surface area contributed by atoms with Crippen LogP contribution in [0, 0.1) is 0 Å². The van der Waals surface area contributed by atoms with Crippen molar-refractivity contribution in [2.75, 3.05) is 0 Å². The molecule has 0 aliphatic rings. The van der Waals surface area contributed by atoms with Crippen molar-refractivity contribution in [3.05, 3.63) is 0 Å². The van der Waals surface area contributed by atoms with Gasteiger partial charge in [-0.05, 0) is 0 Å². The fourth-order valence-corrected chi connectivity index (χ4v) is 0. The minimum absolute atomic E-state index is 0. The monoisotopic (exact) mass is 633 g/mol. The molecule has 0 spiro atoms. The van der Waals surface area contributed by atoms with Gasteiger partial charge in [-0.1, -0.05) is 0 Å². The maximum atomic E-state index is 2.45. The molecule has 0 N–H and O–H groups in total. The summed E-state index contributed by atoms with van der Waals surface area (Å²) in [5.41, 5.74) is 0. The van der Waals surface area contributed by atoms with Crippen LogP contribution >= 0.6 is 59.3 Å². The first-order chi connectivity index (χ1) is 1.73. The zero-order valence-electron chi connectivity index (χ0n) is 2.32. The summed E-state index contributed by atoms with van der Waals surface area (Å²) >= 11 is 7.34. The van der Waals surface area contributed by atoms with Gasteiger partial charge in [0.15, 0.2) is 0 Å². The normalized spacial score (nSPS) is 7.50. The molecule has 6 heavy (non-hydrogen) atoms. The minimum Gasteiger partial charge on any atom is 3.00 e. The van der Waals surface area contributed by atoms with Crippen LogP contribution in [0.3, 0.4) is 0 Å². The zero-order chi connectivity index (χ0) is 3.58. The first-order valence-corrected chi connectivity index (χ1v) is 15.0. The maximum absolute atomic E-state index is 2.45. The first-order valence-electron chi connectivity index (χ1n) is 0.378. The summed E-state index contributed by atoms with van der Waals surface area (Å²) in [6.07, 6.45) is 0. The van der Waals surface area contributed by atoms with Crippen LogP contribution in [-0.2, 0) is 46.6 Å². The Morgan fingerprint density at radius 1 is 1.00 bits per heavy atom. The van der Waals surface area contributed by atoms with E-state index in [0.717, 1.165) is 0 Å². The van der Waals surface area contributed by atoms with Crippen LogP contribution in [0.5, 0.6) is 0 Å². The van der Waals surface area contributed by atoms with Crippen LogP contribution < -0.4 is 0 Å². The van der Waals surface area contributed by atoms with Gasteiger partial charge in [-0.15, -0.1) is 0 Å². The van der Waals surface area contributed by atoms with Crippen molar-refractivity contribution in [3.8, 4) is 0 Å². The quantitative estimate of drug-likeness (QED) is 0.285. The predicted octanol–water partition coefficient (Wildman–Crippen LogP) is 2.65. The first kappa shape index (κ1) is 16.6. The Morgan fingerprint density at radius 3 is 1.00 bits per heavy atom. The molecule has 0 unspecified atom stereocenters. The van der Waals surface area contributed by atoms with Crippen molar-refractivity contribution in [3.63, 3.8) is 0 Å². The van der Waals surface area contributed by atoms with Crippen LogP contribution in [-0.4, -0.2) is 0 Å². The van der Waals surface area contributed by atoms with E-state index in [4.69, 9.17) is 0 Å². The summed E-state index contributed by atoms with van der Waals surface area (Å²) in [5, 5.41) is -0.167. The van der Waals surface area contributed by atoms with E-state index in [1.165, 1.54) is 0 Å². The molecule has 0 rings (SSSR count). The van der Waals surface area contributed by atoms with Crippen molar-refractivity contribution in [2.45, 2.75) is 0 Å². The molecule has 0 saturated heterocycles. The smallest absolute Gasteiger partial charge is 3.00 e. The second kappa shape index (κ2) is 11.9. The van der Waals surface area contributed by atoms with Gasteiger partial charge in [-0.3, -0.25) is 0 Å². The summed E-state index contributed by atoms with van der Waals surface area (Å²) < 4.78 is 0. The third-order valence-corrected chi connectivity index (χ3v) is 0. The molecular weight excluding hydrogens is 633 g/mol. The molecule has 0 aliphatic carbocycles. The van der Waals surface area contributed by atoms with Gasteiger partial charge in [0, 0.05) is 0 Å². The zero-order valence-corrected chi connectivity index (χ0v) is 13.7. The van der Waals surface area contributed by atoms with Gasteiger partial charge in [-0.25, -0.2) is 0 Å².